The van der Waals surface area contributed by atoms with Gasteiger partial charge in [0.25, 0.3) is 5.91 Å². The zero-order chi connectivity index (χ0) is 19.8. The molecule has 5 heteroatoms. The predicted octanol–water partition coefficient (Wildman–Crippen LogP) is 5.35. The maximum absolute atomic E-state index is 12.1. The molecule has 0 heterocycles. The number of rotatable bonds is 7. The first kappa shape index (κ1) is 19.6. The number of hydrogen-bond acceptors (Lipinski definition) is 3. The molecule has 3 aromatic carbocycles. The van der Waals surface area contributed by atoms with Crippen molar-refractivity contribution in [2.75, 3.05) is 6.61 Å². The van der Waals surface area contributed by atoms with Crippen molar-refractivity contribution in [2.24, 2.45) is 4.99 Å². The summed E-state index contributed by atoms with van der Waals surface area (Å²) in [6.07, 6.45) is 1.77. The summed E-state index contributed by atoms with van der Waals surface area (Å²) in [7, 11) is 0. The van der Waals surface area contributed by atoms with E-state index in [1.165, 1.54) is 0 Å². The van der Waals surface area contributed by atoms with Crippen molar-refractivity contribution in [3.63, 3.8) is 0 Å². The standard InChI is InChI=1S/C23H21ClN2O2/c1-17(19-5-3-2-4-6-19)26-23(27)16-28-22-13-7-18(8-14-22)15-25-21-11-9-20(24)10-12-21/h2-15,17H,16H2,1H3,(H,26,27)/t17-/m0/s1. The van der Waals surface area contributed by atoms with Gasteiger partial charge in [-0.3, -0.25) is 9.79 Å². The van der Waals surface area contributed by atoms with E-state index in [-0.39, 0.29) is 18.6 Å². The molecular formula is C23H21ClN2O2. The van der Waals surface area contributed by atoms with Gasteiger partial charge in [-0.25, -0.2) is 0 Å². The van der Waals surface area contributed by atoms with Gasteiger partial charge in [-0.15, -0.1) is 0 Å². The van der Waals surface area contributed by atoms with Gasteiger partial charge in [-0.2, -0.15) is 0 Å². The molecule has 142 valence electrons. The summed E-state index contributed by atoms with van der Waals surface area (Å²) in [5, 5.41) is 3.61. The number of ether oxygens (including phenoxy) is 1. The molecule has 1 atom stereocenters. The van der Waals surface area contributed by atoms with Crippen molar-refractivity contribution in [3.05, 3.63) is 95.0 Å². The van der Waals surface area contributed by atoms with Gasteiger partial charge in [0, 0.05) is 11.2 Å². The van der Waals surface area contributed by atoms with Crippen LogP contribution in [0.1, 0.15) is 24.1 Å². The average molecular weight is 393 g/mol. The van der Waals surface area contributed by atoms with Crippen LogP contribution in [0.5, 0.6) is 5.75 Å². The van der Waals surface area contributed by atoms with Crippen LogP contribution < -0.4 is 10.1 Å². The Balaban J connectivity index is 1.48. The van der Waals surface area contributed by atoms with Gasteiger partial charge >= 0.3 is 0 Å². The third kappa shape index (κ3) is 5.96. The van der Waals surface area contributed by atoms with Crippen molar-refractivity contribution < 1.29 is 9.53 Å². The van der Waals surface area contributed by atoms with Crippen LogP contribution in [0.4, 0.5) is 5.69 Å². The molecule has 3 rings (SSSR count). The Kier molecular flexibility index (Phi) is 6.82. The van der Waals surface area contributed by atoms with Gasteiger partial charge in [0.05, 0.1) is 11.7 Å². The molecule has 0 spiro atoms. The minimum Gasteiger partial charge on any atom is -0.484 e. The molecule has 4 nitrogen and oxygen atoms in total. The van der Waals surface area contributed by atoms with E-state index in [4.69, 9.17) is 16.3 Å². The van der Waals surface area contributed by atoms with E-state index in [2.05, 4.69) is 10.3 Å². The third-order valence-electron chi connectivity index (χ3n) is 4.12. The van der Waals surface area contributed by atoms with Crippen LogP contribution in [0, 0.1) is 0 Å². The summed E-state index contributed by atoms with van der Waals surface area (Å²) in [5.41, 5.74) is 2.82. The van der Waals surface area contributed by atoms with E-state index in [1.54, 1.807) is 18.3 Å². The van der Waals surface area contributed by atoms with E-state index in [9.17, 15) is 4.79 Å². The topological polar surface area (TPSA) is 50.7 Å². The fraction of sp³-hybridized carbons (Fsp3) is 0.130. The molecule has 0 aliphatic carbocycles. The number of aliphatic imine (C=N–C) groups is 1. The lowest BCUT2D eigenvalue weighted by Gasteiger charge is -2.14. The Morgan fingerprint density at radius 2 is 1.71 bits per heavy atom. The fourth-order valence-electron chi connectivity index (χ4n) is 2.58. The molecule has 0 aromatic heterocycles. The zero-order valence-electron chi connectivity index (χ0n) is 15.5. The van der Waals surface area contributed by atoms with Crippen molar-refractivity contribution >= 4 is 29.4 Å². The fourth-order valence-corrected chi connectivity index (χ4v) is 2.71. The smallest absolute Gasteiger partial charge is 0.258 e. The Hall–Kier alpha value is -3.11. The van der Waals surface area contributed by atoms with Crippen LogP contribution in [0.2, 0.25) is 5.02 Å². The minimum absolute atomic E-state index is 0.0324. The largest absolute Gasteiger partial charge is 0.484 e. The third-order valence-corrected chi connectivity index (χ3v) is 4.37. The second-order valence-corrected chi connectivity index (χ2v) is 6.73. The summed E-state index contributed by atoms with van der Waals surface area (Å²) in [6.45, 7) is 1.91. The zero-order valence-corrected chi connectivity index (χ0v) is 16.3. The molecule has 0 aliphatic rings. The van der Waals surface area contributed by atoms with Crippen LogP contribution in [0.25, 0.3) is 0 Å². The minimum atomic E-state index is -0.162. The number of nitrogens with zero attached hydrogens (tertiary/aromatic N) is 1. The average Bonchev–Trinajstić information content (AvgIpc) is 2.73. The molecule has 0 saturated carbocycles. The summed E-state index contributed by atoms with van der Waals surface area (Å²) in [4.78, 5) is 16.5. The predicted molar refractivity (Wildman–Crippen MR) is 114 cm³/mol. The Morgan fingerprint density at radius 3 is 2.39 bits per heavy atom. The first-order valence-electron chi connectivity index (χ1n) is 8.97. The quantitative estimate of drug-likeness (QED) is 0.551. The van der Waals surface area contributed by atoms with Crippen molar-refractivity contribution in [3.8, 4) is 5.75 Å². The molecule has 0 aliphatic heterocycles. The maximum atomic E-state index is 12.1. The molecule has 1 amide bonds. The first-order valence-corrected chi connectivity index (χ1v) is 9.35. The Morgan fingerprint density at radius 1 is 1.04 bits per heavy atom. The van der Waals surface area contributed by atoms with Gasteiger partial charge < -0.3 is 10.1 Å². The molecule has 28 heavy (non-hydrogen) atoms. The van der Waals surface area contributed by atoms with Gasteiger partial charge in [-0.05, 0) is 66.6 Å². The highest BCUT2D eigenvalue weighted by atomic mass is 35.5. The lowest BCUT2D eigenvalue weighted by atomic mass is 10.1. The molecule has 3 aromatic rings. The maximum Gasteiger partial charge on any atom is 0.258 e. The number of halogens is 1. The number of benzene rings is 3. The van der Waals surface area contributed by atoms with Crippen LogP contribution in [-0.2, 0) is 4.79 Å². The van der Waals surface area contributed by atoms with Crippen LogP contribution in [0.15, 0.2) is 83.9 Å². The normalized spacial score (nSPS) is 11.9. The number of carbonyl (C=O) groups is 1. The Bertz CT molecular complexity index is 923. The number of nitrogens with one attached hydrogen (secondary N) is 1. The molecule has 0 radical (unpaired) electrons. The highest BCUT2D eigenvalue weighted by Gasteiger charge is 2.09. The van der Waals surface area contributed by atoms with Crippen LogP contribution in [-0.4, -0.2) is 18.7 Å². The van der Waals surface area contributed by atoms with E-state index in [0.717, 1.165) is 16.8 Å². The van der Waals surface area contributed by atoms with E-state index in [0.29, 0.717) is 10.8 Å². The van der Waals surface area contributed by atoms with Gasteiger partial charge in [0.1, 0.15) is 5.75 Å². The second-order valence-electron chi connectivity index (χ2n) is 6.29. The first-order chi connectivity index (χ1) is 13.6. The highest BCUT2D eigenvalue weighted by Crippen LogP contribution is 2.17. The van der Waals surface area contributed by atoms with Crippen molar-refractivity contribution in [2.45, 2.75) is 13.0 Å². The molecule has 0 fully saturated rings. The number of amides is 1. The van der Waals surface area contributed by atoms with Crippen molar-refractivity contribution in [1.82, 2.24) is 5.32 Å². The molecule has 1 N–H and O–H groups in total. The highest BCUT2D eigenvalue weighted by molar-refractivity contribution is 6.30. The van der Waals surface area contributed by atoms with E-state index < -0.39 is 0 Å². The van der Waals surface area contributed by atoms with Gasteiger partial charge in [-0.1, -0.05) is 41.9 Å². The van der Waals surface area contributed by atoms with E-state index >= 15 is 0 Å². The van der Waals surface area contributed by atoms with Crippen LogP contribution in [0.3, 0.4) is 0 Å². The lowest BCUT2D eigenvalue weighted by molar-refractivity contribution is -0.123. The van der Waals surface area contributed by atoms with Crippen LogP contribution >= 0.6 is 11.6 Å². The van der Waals surface area contributed by atoms with Gasteiger partial charge in [0.15, 0.2) is 6.61 Å². The summed E-state index contributed by atoms with van der Waals surface area (Å²) in [5.74, 6) is 0.468. The van der Waals surface area contributed by atoms with Crippen molar-refractivity contribution in [1.29, 1.82) is 0 Å². The number of hydrogen-bond donors (Lipinski definition) is 1. The SMILES string of the molecule is C[C@H](NC(=O)COc1ccc(C=Nc2ccc(Cl)cc2)cc1)c1ccccc1. The molecular weight excluding hydrogens is 372 g/mol. The monoisotopic (exact) mass is 392 g/mol. The Labute approximate surface area is 169 Å². The molecule has 0 bridgehead atoms. The second kappa shape index (κ2) is 9.72. The molecule has 0 unspecified atom stereocenters. The van der Waals surface area contributed by atoms with E-state index in [1.807, 2.05) is 73.7 Å². The van der Waals surface area contributed by atoms with Gasteiger partial charge in [0.2, 0.25) is 0 Å². The molecule has 0 saturated heterocycles. The lowest BCUT2D eigenvalue weighted by Crippen LogP contribution is -2.31. The number of carbonyl (C=O) groups excluding carboxylic acids is 1. The summed E-state index contributed by atoms with van der Waals surface area (Å²) < 4.78 is 5.56. The summed E-state index contributed by atoms with van der Waals surface area (Å²) >= 11 is 5.86. The summed E-state index contributed by atoms with van der Waals surface area (Å²) in [6, 6.07) is 24.5.